The molecule has 16 heteroatoms. The smallest absolute Gasteiger partial charge is 0.220 e. The molecule has 3 amide bonds. The topological polar surface area (TPSA) is 224 Å². The van der Waals surface area contributed by atoms with Crippen molar-refractivity contribution in [3.8, 4) is 0 Å². The molecule has 48 heavy (non-hydrogen) atoms. The monoisotopic (exact) mass is 695 g/mol. The van der Waals surface area contributed by atoms with Crippen LogP contribution in [0.15, 0.2) is 0 Å². The summed E-state index contributed by atoms with van der Waals surface area (Å²) in [6, 6.07) is 0. The van der Waals surface area contributed by atoms with E-state index in [2.05, 4.69) is 16.0 Å². The zero-order chi connectivity index (χ0) is 35.2. The third kappa shape index (κ3) is 22.6. The minimum atomic E-state index is -1.49. The number of unbranched alkanes of at least 4 members (excludes halogenated alkanes) is 4. The molecular weight excluding hydrogens is 634 g/mol. The van der Waals surface area contributed by atoms with E-state index in [1.54, 1.807) is 0 Å². The van der Waals surface area contributed by atoms with Crippen LogP contribution in [0.25, 0.3) is 0 Å². The lowest BCUT2D eigenvalue weighted by atomic mass is 9.99. The number of nitrogens with one attached hydrogen (secondary N) is 3. The second-order valence-corrected chi connectivity index (χ2v) is 11.4. The lowest BCUT2D eigenvalue weighted by Crippen LogP contribution is -2.59. The molecule has 7 N–H and O–H groups in total. The number of hydrogen-bond acceptors (Lipinski definition) is 13. The van der Waals surface area contributed by atoms with Gasteiger partial charge in [-0.2, -0.15) is 0 Å². The molecule has 0 aromatic heterocycles. The van der Waals surface area contributed by atoms with E-state index in [1.165, 1.54) is 0 Å². The number of hydrogen-bond donors (Lipinski definition) is 7. The van der Waals surface area contributed by atoms with Crippen molar-refractivity contribution in [2.45, 2.75) is 102 Å². The van der Waals surface area contributed by atoms with Crippen LogP contribution >= 0.6 is 0 Å². The molecule has 0 saturated carbocycles. The maximum atomic E-state index is 12.0. The summed E-state index contributed by atoms with van der Waals surface area (Å²) in [4.78, 5) is 34.9. The van der Waals surface area contributed by atoms with Gasteiger partial charge in [-0.3, -0.25) is 14.4 Å². The van der Waals surface area contributed by atoms with E-state index in [0.717, 1.165) is 44.9 Å². The van der Waals surface area contributed by atoms with Gasteiger partial charge in [0.1, 0.15) is 24.4 Å². The fourth-order valence-corrected chi connectivity index (χ4v) is 4.52. The standard InChI is InChI=1S/C32H61N3O13/c1-2-26(37)33-12-7-3-5-10-27(38)34-13-9-16-44-19-18-43-15-8-4-6-11-28(39)35-14-17-45-20-21-46-22-23-47-32-31(42)30(41)29(40)25(24-36)48-32/h25,29-32,36,40-42H,2-24H2,1H3,(H,33,37)(H,34,38)(H,35,39)/t25?,29-,30-,31?,32+/m0/s1. The molecule has 1 rings (SSSR count). The van der Waals surface area contributed by atoms with E-state index in [0.29, 0.717) is 85.1 Å². The summed E-state index contributed by atoms with van der Waals surface area (Å²) in [6.45, 7) is 6.34. The predicted molar refractivity (Wildman–Crippen MR) is 174 cm³/mol. The van der Waals surface area contributed by atoms with Crippen LogP contribution in [0.3, 0.4) is 0 Å². The first-order chi connectivity index (χ1) is 23.3. The average molecular weight is 696 g/mol. The maximum Gasteiger partial charge on any atom is 0.220 e. The van der Waals surface area contributed by atoms with Crippen molar-refractivity contribution in [1.82, 2.24) is 16.0 Å². The van der Waals surface area contributed by atoms with Gasteiger partial charge in [-0.25, -0.2) is 0 Å². The van der Waals surface area contributed by atoms with Crippen LogP contribution in [0, 0.1) is 0 Å². The maximum absolute atomic E-state index is 12.0. The van der Waals surface area contributed by atoms with E-state index in [9.17, 15) is 34.8 Å². The molecule has 0 radical (unpaired) electrons. The highest BCUT2D eigenvalue weighted by Gasteiger charge is 2.43. The summed E-state index contributed by atoms with van der Waals surface area (Å²) >= 11 is 0. The Hall–Kier alpha value is -1.99. The van der Waals surface area contributed by atoms with Gasteiger partial charge in [0.2, 0.25) is 17.7 Å². The molecule has 1 heterocycles. The Morgan fingerprint density at radius 3 is 1.73 bits per heavy atom. The van der Waals surface area contributed by atoms with Crippen LogP contribution in [0.4, 0.5) is 0 Å². The summed E-state index contributed by atoms with van der Waals surface area (Å²) in [5.74, 6) is 0.0721. The minimum Gasteiger partial charge on any atom is -0.394 e. The Kier molecular flexibility index (Phi) is 27.4. The number of carbonyl (C=O) groups is 3. The molecule has 0 aromatic carbocycles. The summed E-state index contributed by atoms with van der Waals surface area (Å²) in [7, 11) is 0. The number of amides is 3. The molecule has 1 aliphatic heterocycles. The summed E-state index contributed by atoms with van der Waals surface area (Å²) < 4.78 is 32.5. The van der Waals surface area contributed by atoms with E-state index in [4.69, 9.17) is 28.4 Å². The van der Waals surface area contributed by atoms with Gasteiger partial charge in [-0.1, -0.05) is 19.8 Å². The number of aliphatic hydroxyl groups is 4. The van der Waals surface area contributed by atoms with Crippen molar-refractivity contribution in [1.29, 1.82) is 0 Å². The van der Waals surface area contributed by atoms with E-state index < -0.39 is 37.3 Å². The van der Waals surface area contributed by atoms with E-state index in [-0.39, 0.29) is 30.9 Å². The summed E-state index contributed by atoms with van der Waals surface area (Å²) in [5, 5.41) is 47.1. The van der Waals surface area contributed by atoms with Crippen molar-refractivity contribution >= 4 is 17.7 Å². The minimum absolute atomic E-state index is 0.0280. The van der Waals surface area contributed by atoms with Crippen molar-refractivity contribution in [3.05, 3.63) is 0 Å². The Labute approximate surface area is 284 Å². The molecule has 5 atom stereocenters. The average Bonchev–Trinajstić information content (AvgIpc) is 3.08. The van der Waals surface area contributed by atoms with Crippen molar-refractivity contribution in [3.63, 3.8) is 0 Å². The molecular formula is C32H61N3O13. The Morgan fingerprint density at radius 1 is 0.562 bits per heavy atom. The van der Waals surface area contributed by atoms with E-state index >= 15 is 0 Å². The van der Waals surface area contributed by atoms with Crippen molar-refractivity contribution in [2.24, 2.45) is 0 Å². The Bertz CT molecular complexity index is 824. The molecule has 1 saturated heterocycles. The lowest BCUT2D eigenvalue weighted by molar-refractivity contribution is -0.302. The van der Waals surface area contributed by atoms with Gasteiger partial charge in [0, 0.05) is 52.1 Å². The number of ether oxygens (including phenoxy) is 6. The first-order valence-electron chi connectivity index (χ1n) is 17.3. The number of rotatable bonds is 31. The molecule has 0 bridgehead atoms. The molecule has 1 fully saturated rings. The van der Waals surface area contributed by atoms with Gasteiger partial charge in [0.15, 0.2) is 6.29 Å². The second-order valence-electron chi connectivity index (χ2n) is 11.4. The highest BCUT2D eigenvalue weighted by Crippen LogP contribution is 2.21. The molecule has 0 spiro atoms. The Balaban J connectivity index is 1.79. The van der Waals surface area contributed by atoms with Crippen LogP contribution in [0.1, 0.15) is 71.1 Å². The number of aliphatic hydroxyl groups excluding tert-OH is 4. The molecule has 282 valence electrons. The largest absolute Gasteiger partial charge is 0.394 e. The zero-order valence-corrected chi connectivity index (χ0v) is 28.6. The first-order valence-corrected chi connectivity index (χ1v) is 17.3. The SMILES string of the molecule is CCC(=O)NCCCCCC(=O)NCCCOCCOCCCCCC(=O)NCCOCCOCCO[C@@H]1OC(CO)[C@H](O)[C@H](O)C1O. The highest BCUT2D eigenvalue weighted by molar-refractivity contribution is 5.76. The first kappa shape index (κ1) is 44.0. The van der Waals surface area contributed by atoms with Crippen LogP contribution in [-0.2, 0) is 42.8 Å². The molecule has 16 nitrogen and oxygen atoms in total. The molecule has 2 unspecified atom stereocenters. The van der Waals surface area contributed by atoms with Gasteiger partial charge in [0.25, 0.3) is 0 Å². The molecule has 1 aliphatic rings. The lowest BCUT2D eigenvalue weighted by Gasteiger charge is -2.39. The molecule has 0 aliphatic carbocycles. The summed E-state index contributed by atoms with van der Waals surface area (Å²) in [5.41, 5.74) is 0. The van der Waals surface area contributed by atoms with Crippen LogP contribution in [-0.4, -0.2) is 155 Å². The summed E-state index contributed by atoms with van der Waals surface area (Å²) in [6.07, 6.45) is 0.731. The third-order valence-corrected chi connectivity index (χ3v) is 7.37. The fraction of sp³-hybridized carbons (Fsp3) is 0.906. The van der Waals surface area contributed by atoms with Crippen LogP contribution in [0.5, 0.6) is 0 Å². The van der Waals surface area contributed by atoms with Gasteiger partial charge in [0.05, 0.1) is 52.9 Å². The quantitative estimate of drug-likeness (QED) is 0.0439. The van der Waals surface area contributed by atoms with Crippen LogP contribution in [0.2, 0.25) is 0 Å². The normalized spacial score (nSPS) is 20.8. The van der Waals surface area contributed by atoms with Gasteiger partial charge in [-0.05, 0) is 32.1 Å². The number of carbonyl (C=O) groups excluding carboxylic acids is 3. The van der Waals surface area contributed by atoms with Gasteiger partial charge >= 0.3 is 0 Å². The fourth-order valence-electron chi connectivity index (χ4n) is 4.52. The van der Waals surface area contributed by atoms with Crippen molar-refractivity contribution < 1.29 is 63.2 Å². The third-order valence-electron chi connectivity index (χ3n) is 7.37. The Morgan fingerprint density at radius 2 is 1.08 bits per heavy atom. The zero-order valence-electron chi connectivity index (χ0n) is 28.6. The second kappa shape index (κ2) is 29.9. The highest BCUT2D eigenvalue weighted by atomic mass is 16.7. The predicted octanol–water partition coefficient (Wildman–Crippen LogP) is -0.861. The van der Waals surface area contributed by atoms with E-state index in [1.807, 2.05) is 6.92 Å². The van der Waals surface area contributed by atoms with Gasteiger partial charge in [-0.15, -0.1) is 0 Å². The van der Waals surface area contributed by atoms with Crippen molar-refractivity contribution in [2.75, 3.05) is 85.7 Å². The molecule has 0 aromatic rings. The van der Waals surface area contributed by atoms with Crippen LogP contribution < -0.4 is 16.0 Å². The van der Waals surface area contributed by atoms with Gasteiger partial charge < -0.3 is 64.8 Å².